The Labute approximate surface area is 123 Å². The summed E-state index contributed by atoms with van der Waals surface area (Å²) in [4.78, 5) is 8.75. The van der Waals surface area contributed by atoms with Crippen molar-refractivity contribution in [3.8, 4) is 28.6 Å². The third kappa shape index (κ3) is 2.82. The van der Waals surface area contributed by atoms with Crippen molar-refractivity contribution < 1.29 is 14.2 Å². The number of nitrogens with one attached hydrogen (secondary N) is 1. The Hall–Kier alpha value is -2.54. The maximum Gasteiger partial charge on any atom is 0.204 e. The van der Waals surface area contributed by atoms with Crippen molar-refractivity contribution in [2.45, 2.75) is 6.92 Å². The molecule has 21 heavy (non-hydrogen) atoms. The molecule has 0 spiro atoms. The van der Waals surface area contributed by atoms with E-state index in [1.165, 1.54) is 0 Å². The number of hydrogen-bond donors (Lipinski definition) is 2. The van der Waals surface area contributed by atoms with Crippen molar-refractivity contribution in [3.05, 3.63) is 23.9 Å². The number of nitrogens with two attached hydrogens (primary N) is 1. The molecule has 7 heteroatoms. The molecule has 0 aliphatic heterocycles. The molecular formula is C14H18N4O3. The molecule has 0 aliphatic carbocycles. The number of nitrogen functional groups attached to an aromatic ring is 1. The first-order valence-electron chi connectivity index (χ1n) is 6.26. The summed E-state index contributed by atoms with van der Waals surface area (Å²) in [5.41, 5.74) is 3.99. The molecule has 0 fully saturated rings. The monoisotopic (exact) mass is 290 g/mol. The van der Waals surface area contributed by atoms with E-state index >= 15 is 0 Å². The molecule has 0 bridgehead atoms. The number of aromatic nitrogens is 2. The second-order valence-corrected chi connectivity index (χ2v) is 4.24. The predicted octanol–water partition coefficient (Wildman–Crippen LogP) is 1.76. The number of aryl methyl sites for hydroxylation is 1. The number of ether oxygens (including phenoxy) is 3. The van der Waals surface area contributed by atoms with Gasteiger partial charge in [-0.3, -0.25) is 0 Å². The van der Waals surface area contributed by atoms with Crippen LogP contribution < -0.4 is 25.5 Å². The van der Waals surface area contributed by atoms with E-state index in [0.717, 1.165) is 5.69 Å². The van der Waals surface area contributed by atoms with Gasteiger partial charge in [-0.25, -0.2) is 15.8 Å². The van der Waals surface area contributed by atoms with Gasteiger partial charge in [-0.05, 0) is 19.1 Å². The van der Waals surface area contributed by atoms with E-state index in [4.69, 9.17) is 20.1 Å². The molecule has 0 saturated heterocycles. The molecule has 0 saturated carbocycles. The highest BCUT2D eigenvalue weighted by Crippen LogP contribution is 2.43. The molecule has 0 atom stereocenters. The summed E-state index contributed by atoms with van der Waals surface area (Å²) in [6.07, 6.45) is 0. The second-order valence-electron chi connectivity index (χ2n) is 4.24. The number of methoxy groups -OCH3 is 3. The van der Waals surface area contributed by atoms with E-state index in [1.54, 1.807) is 33.5 Å². The van der Waals surface area contributed by atoms with Crippen molar-refractivity contribution >= 4 is 5.82 Å². The molecule has 112 valence electrons. The number of rotatable bonds is 5. The van der Waals surface area contributed by atoms with Crippen LogP contribution in [0.25, 0.3) is 11.4 Å². The van der Waals surface area contributed by atoms with Crippen LogP contribution in [-0.2, 0) is 0 Å². The second kappa shape index (κ2) is 6.27. The van der Waals surface area contributed by atoms with Crippen LogP contribution in [0.5, 0.6) is 17.2 Å². The zero-order valence-corrected chi connectivity index (χ0v) is 12.4. The van der Waals surface area contributed by atoms with Gasteiger partial charge in [-0.15, -0.1) is 0 Å². The highest BCUT2D eigenvalue weighted by molar-refractivity contribution is 5.72. The van der Waals surface area contributed by atoms with Gasteiger partial charge in [-0.2, -0.15) is 0 Å². The Morgan fingerprint density at radius 3 is 2.29 bits per heavy atom. The molecule has 2 aromatic rings. The Morgan fingerprint density at radius 1 is 1.00 bits per heavy atom. The molecule has 0 amide bonds. The molecule has 7 nitrogen and oxygen atoms in total. The topological polar surface area (TPSA) is 91.5 Å². The van der Waals surface area contributed by atoms with Crippen molar-refractivity contribution in [3.63, 3.8) is 0 Å². The van der Waals surface area contributed by atoms with Crippen LogP contribution in [0, 0.1) is 6.92 Å². The Balaban J connectivity index is 2.66. The SMILES string of the molecule is COc1ccc(-c2nc(C)cc(NN)n2)c(OC)c1OC. The van der Waals surface area contributed by atoms with Gasteiger partial charge in [-0.1, -0.05) is 0 Å². The van der Waals surface area contributed by atoms with Gasteiger partial charge < -0.3 is 19.6 Å². The fraction of sp³-hybridized carbons (Fsp3) is 0.286. The summed E-state index contributed by atoms with van der Waals surface area (Å²) < 4.78 is 16.1. The summed E-state index contributed by atoms with van der Waals surface area (Å²) in [6.45, 7) is 1.86. The Bertz CT molecular complexity index is 646. The lowest BCUT2D eigenvalue weighted by atomic mass is 10.1. The maximum atomic E-state index is 5.44. The van der Waals surface area contributed by atoms with E-state index in [9.17, 15) is 0 Å². The average Bonchev–Trinajstić information content (AvgIpc) is 2.52. The normalized spacial score (nSPS) is 10.1. The van der Waals surface area contributed by atoms with Gasteiger partial charge in [0.15, 0.2) is 17.3 Å². The molecule has 1 aromatic carbocycles. The van der Waals surface area contributed by atoms with E-state index < -0.39 is 0 Å². The number of nitrogens with zero attached hydrogens (tertiary/aromatic N) is 2. The maximum absolute atomic E-state index is 5.44. The minimum absolute atomic E-state index is 0.487. The molecule has 0 aliphatic rings. The van der Waals surface area contributed by atoms with Crippen LogP contribution in [0.2, 0.25) is 0 Å². The zero-order valence-electron chi connectivity index (χ0n) is 12.4. The largest absolute Gasteiger partial charge is 0.493 e. The Morgan fingerprint density at radius 2 is 1.71 bits per heavy atom. The van der Waals surface area contributed by atoms with E-state index in [-0.39, 0.29) is 0 Å². The summed E-state index contributed by atoms with van der Waals surface area (Å²) >= 11 is 0. The van der Waals surface area contributed by atoms with Crippen LogP contribution >= 0.6 is 0 Å². The van der Waals surface area contributed by atoms with Crippen molar-refractivity contribution in [2.24, 2.45) is 5.84 Å². The van der Waals surface area contributed by atoms with E-state index in [1.807, 2.05) is 13.0 Å². The first-order valence-corrected chi connectivity index (χ1v) is 6.26. The first kappa shape index (κ1) is 14.9. The Kier molecular flexibility index (Phi) is 4.44. The standard InChI is InChI=1S/C14H18N4O3/c1-8-7-11(18-15)17-14(16-8)9-5-6-10(19-2)13(21-4)12(9)20-3/h5-7H,15H2,1-4H3,(H,16,17,18). The summed E-state index contributed by atoms with van der Waals surface area (Å²) in [5.74, 6) is 8.00. The molecule has 3 N–H and O–H groups in total. The van der Waals surface area contributed by atoms with Gasteiger partial charge >= 0.3 is 0 Å². The van der Waals surface area contributed by atoms with Gasteiger partial charge in [0.1, 0.15) is 5.82 Å². The highest BCUT2D eigenvalue weighted by Gasteiger charge is 2.19. The van der Waals surface area contributed by atoms with E-state index in [2.05, 4.69) is 15.4 Å². The fourth-order valence-corrected chi connectivity index (χ4v) is 2.04. The predicted molar refractivity (Wildman–Crippen MR) is 79.7 cm³/mol. The number of benzene rings is 1. The molecule has 0 radical (unpaired) electrons. The minimum atomic E-state index is 0.487. The van der Waals surface area contributed by atoms with Gasteiger partial charge in [0.2, 0.25) is 5.75 Å². The van der Waals surface area contributed by atoms with Crippen LogP contribution in [-0.4, -0.2) is 31.3 Å². The third-order valence-electron chi connectivity index (χ3n) is 2.95. The van der Waals surface area contributed by atoms with E-state index in [0.29, 0.717) is 34.5 Å². The summed E-state index contributed by atoms with van der Waals surface area (Å²) in [6, 6.07) is 5.34. The molecular weight excluding hydrogens is 272 g/mol. The van der Waals surface area contributed by atoms with Crippen LogP contribution in [0.1, 0.15) is 5.69 Å². The fourth-order valence-electron chi connectivity index (χ4n) is 2.04. The van der Waals surface area contributed by atoms with Crippen molar-refractivity contribution in [1.82, 2.24) is 9.97 Å². The molecule has 1 heterocycles. The number of hydrogen-bond acceptors (Lipinski definition) is 7. The summed E-state index contributed by atoms with van der Waals surface area (Å²) in [7, 11) is 4.67. The smallest absolute Gasteiger partial charge is 0.204 e. The van der Waals surface area contributed by atoms with Crippen LogP contribution in [0.4, 0.5) is 5.82 Å². The first-order chi connectivity index (χ1) is 10.1. The molecule has 0 unspecified atom stereocenters. The molecule has 2 rings (SSSR count). The number of hydrazine groups is 1. The zero-order chi connectivity index (χ0) is 15.4. The summed E-state index contributed by atoms with van der Waals surface area (Å²) in [5, 5.41) is 0. The van der Waals surface area contributed by atoms with Gasteiger partial charge in [0, 0.05) is 11.8 Å². The van der Waals surface area contributed by atoms with Crippen LogP contribution in [0.15, 0.2) is 18.2 Å². The highest BCUT2D eigenvalue weighted by atomic mass is 16.5. The van der Waals surface area contributed by atoms with Gasteiger partial charge in [0.25, 0.3) is 0 Å². The lowest BCUT2D eigenvalue weighted by molar-refractivity contribution is 0.325. The lowest BCUT2D eigenvalue weighted by Gasteiger charge is -2.15. The minimum Gasteiger partial charge on any atom is -0.493 e. The van der Waals surface area contributed by atoms with Crippen LogP contribution in [0.3, 0.4) is 0 Å². The quantitative estimate of drug-likeness (QED) is 0.640. The lowest BCUT2D eigenvalue weighted by Crippen LogP contribution is -2.10. The number of anilines is 1. The van der Waals surface area contributed by atoms with Gasteiger partial charge in [0.05, 0.1) is 26.9 Å². The third-order valence-corrected chi connectivity index (χ3v) is 2.95. The molecule has 1 aromatic heterocycles. The van der Waals surface area contributed by atoms with Crippen molar-refractivity contribution in [1.29, 1.82) is 0 Å². The van der Waals surface area contributed by atoms with Crippen molar-refractivity contribution in [2.75, 3.05) is 26.8 Å². The average molecular weight is 290 g/mol.